The van der Waals surface area contributed by atoms with Gasteiger partial charge < -0.3 is 30.8 Å². The minimum atomic E-state index is -1.20. The normalized spacial score (nSPS) is 14.5. The van der Waals surface area contributed by atoms with E-state index >= 15 is 0 Å². The number of aliphatic hydroxyl groups excluding tert-OH is 5. The second kappa shape index (κ2) is 6.25. The number of aliphatic hydroxyl groups is 5. The lowest BCUT2D eigenvalue weighted by Gasteiger charge is -2.29. The molecule has 6 heteroatoms. The van der Waals surface area contributed by atoms with E-state index in [1.165, 1.54) is 0 Å². The van der Waals surface area contributed by atoms with Crippen LogP contribution in [0.25, 0.3) is 0 Å². The van der Waals surface area contributed by atoms with E-state index in [-0.39, 0.29) is 6.54 Å². The summed E-state index contributed by atoms with van der Waals surface area (Å²) in [6.45, 7) is -1.75. The maximum absolute atomic E-state index is 8.95. The largest absolute Gasteiger partial charge is 0.394 e. The number of hydrogen-bond donors (Lipinski definition) is 6. The van der Waals surface area contributed by atoms with Gasteiger partial charge in [0.25, 0.3) is 0 Å². The van der Waals surface area contributed by atoms with Crippen LogP contribution in [0.5, 0.6) is 0 Å². The summed E-state index contributed by atoms with van der Waals surface area (Å²) in [5.74, 6) is 0. The summed E-state index contributed by atoms with van der Waals surface area (Å²) in [7, 11) is 0. The zero-order chi connectivity index (χ0) is 10.3. The van der Waals surface area contributed by atoms with Gasteiger partial charge in [0, 0.05) is 6.54 Å². The van der Waals surface area contributed by atoms with Gasteiger partial charge in [-0.15, -0.1) is 0 Å². The minimum absolute atomic E-state index is 0.00181. The zero-order valence-corrected chi connectivity index (χ0v) is 7.35. The maximum atomic E-state index is 8.95. The van der Waals surface area contributed by atoms with Crippen LogP contribution in [0.3, 0.4) is 0 Å². The average Bonchev–Trinajstić information content (AvgIpc) is 2.20. The van der Waals surface area contributed by atoms with Gasteiger partial charge in [-0.2, -0.15) is 0 Å². The Balaban J connectivity index is 3.95. The lowest BCUT2D eigenvalue weighted by atomic mass is 10.0. The van der Waals surface area contributed by atoms with Crippen LogP contribution in [0.4, 0.5) is 0 Å². The smallest absolute Gasteiger partial charge is 0.0895 e. The van der Waals surface area contributed by atoms with Crippen molar-refractivity contribution in [3.05, 3.63) is 0 Å². The summed E-state index contributed by atoms with van der Waals surface area (Å²) in [6, 6.07) is 0. The highest BCUT2D eigenvalue weighted by Gasteiger charge is 2.27. The van der Waals surface area contributed by atoms with E-state index in [0.717, 1.165) is 0 Å². The molecule has 0 fully saturated rings. The van der Waals surface area contributed by atoms with E-state index in [4.69, 9.17) is 25.5 Å². The third-order valence-electron chi connectivity index (χ3n) is 1.83. The van der Waals surface area contributed by atoms with Crippen LogP contribution in [-0.2, 0) is 0 Å². The second-order valence-corrected chi connectivity index (χ2v) is 2.97. The molecule has 0 bridgehead atoms. The van der Waals surface area contributed by atoms with Gasteiger partial charge in [0.05, 0.1) is 38.1 Å². The molecule has 6 nitrogen and oxygen atoms in total. The first-order chi connectivity index (χ1) is 6.14. The molecule has 0 aliphatic carbocycles. The standard InChI is InChI=1S/C7H17NO5/c9-2-6(13)1-8-7(3-10,4-11)5-12/h6,8-13H,1-5H2. The fraction of sp³-hybridized carbons (Fsp3) is 1.00. The van der Waals surface area contributed by atoms with Crippen molar-refractivity contribution in [2.45, 2.75) is 11.6 Å². The monoisotopic (exact) mass is 195 g/mol. The van der Waals surface area contributed by atoms with Crippen molar-refractivity contribution in [1.82, 2.24) is 5.32 Å². The highest BCUT2D eigenvalue weighted by atomic mass is 16.3. The summed E-state index contributed by atoms with van der Waals surface area (Å²) >= 11 is 0. The molecule has 0 aromatic carbocycles. The van der Waals surface area contributed by atoms with Crippen LogP contribution in [-0.4, -0.2) is 70.1 Å². The highest BCUT2D eigenvalue weighted by molar-refractivity contribution is 4.86. The molecule has 0 amide bonds. The number of rotatable bonds is 7. The zero-order valence-electron chi connectivity index (χ0n) is 7.35. The lowest BCUT2D eigenvalue weighted by molar-refractivity contribution is 0.0239. The molecule has 13 heavy (non-hydrogen) atoms. The molecule has 6 N–H and O–H groups in total. The van der Waals surface area contributed by atoms with Crippen molar-refractivity contribution in [2.24, 2.45) is 0 Å². The van der Waals surface area contributed by atoms with Gasteiger partial charge in [0.2, 0.25) is 0 Å². The summed E-state index contributed by atoms with van der Waals surface area (Å²) in [4.78, 5) is 0. The molecule has 0 rings (SSSR count). The number of β-amino-alcohol motifs (C(OH)–C–C–N with tert-alkyl or cyclic N) is 1. The van der Waals surface area contributed by atoms with E-state index in [2.05, 4.69) is 5.32 Å². The molecule has 1 unspecified atom stereocenters. The number of hydrogen-bond acceptors (Lipinski definition) is 6. The Kier molecular flexibility index (Phi) is 6.13. The number of nitrogens with one attached hydrogen (secondary N) is 1. The van der Waals surface area contributed by atoms with E-state index < -0.39 is 38.1 Å². The fourth-order valence-electron chi connectivity index (χ4n) is 0.717. The molecular weight excluding hydrogens is 178 g/mol. The summed E-state index contributed by atoms with van der Waals surface area (Å²) in [5.41, 5.74) is -1.20. The second-order valence-electron chi connectivity index (χ2n) is 2.97. The first-order valence-electron chi connectivity index (χ1n) is 4.00. The quantitative estimate of drug-likeness (QED) is 0.253. The molecule has 80 valence electrons. The van der Waals surface area contributed by atoms with E-state index in [1.807, 2.05) is 0 Å². The van der Waals surface area contributed by atoms with Crippen molar-refractivity contribution in [3.8, 4) is 0 Å². The van der Waals surface area contributed by atoms with Gasteiger partial charge in [0.1, 0.15) is 0 Å². The van der Waals surface area contributed by atoms with Gasteiger partial charge in [-0.25, -0.2) is 0 Å². The van der Waals surface area contributed by atoms with Crippen molar-refractivity contribution >= 4 is 0 Å². The Morgan fingerprint density at radius 1 is 1.00 bits per heavy atom. The van der Waals surface area contributed by atoms with Crippen molar-refractivity contribution in [3.63, 3.8) is 0 Å². The molecule has 0 saturated heterocycles. The predicted molar refractivity (Wildman–Crippen MR) is 45.1 cm³/mol. The average molecular weight is 195 g/mol. The van der Waals surface area contributed by atoms with Crippen molar-refractivity contribution in [1.29, 1.82) is 0 Å². The molecular formula is C7H17NO5. The SMILES string of the molecule is OCC(O)CNC(CO)(CO)CO. The molecule has 0 radical (unpaired) electrons. The van der Waals surface area contributed by atoms with Crippen LogP contribution in [0.15, 0.2) is 0 Å². The minimum Gasteiger partial charge on any atom is -0.394 e. The Morgan fingerprint density at radius 3 is 1.77 bits per heavy atom. The van der Waals surface area contributed by atoms with E-state index in [9.17, 15) is 0 Å². The van der Waals surface area contributed by atoms with Crippen molar-refractivity contribution in [2.75, 3.05) is 33.0 Å². The van der Waals surface area contributed by atoms with E-state index in [0.29, 0.717) is 0 Å². The summed E-state index contributed by atoms with van der Waals surface area (Å²) < 4.78 is 0. The van der Waals surface area contributed by atoms with Crippen LogP contribution in [0, 0.1) is 0 Å². The molecule has 0 aliphatic heterocycles. The third kappa shape index (κ3) is 3.99. The summed E-state index contributed by atoms with van der Waals surface area (Å²) in [6.07, 6.45) is -0.968. The predicted octanol–water partition coefficient (Wildman–Crippen LogP) is -3.36. The Morgan fingerprint density at radius 2 is 1.46 bits per heavy atom. The van der Waals surface area contributed by atoms with Gasteiger partial charge in [-0.1, -0.05) is 0 Å². The Labute approximate surface area is 76.4 Å². The van der Waals surface area contributed by atoms with Gasteiger partial charge in [-0.05, 0) is 0 Å². The Bertz CT molecular complexity index is 120. The Hall–Kier alpha value is -0.240. The van der Waals surface area contributed by atoms with Crippen LogP contribution in [0.2, 0.25) is 0 Å². The highest BCUT2D eigenvalue weighted by Crippen LogP contribution is 2.01. The first-order valence-corrected chi connectivity index (χ1v) is 4.00. The summed E-state index contributed by atoms with van der Waals surface area (Å²) in [5, 5.41) is 46.5. The molecule has 1 atom stereocenters. The van der Waals surface area contributed by atoms with Crippen molar-refractivity contribution < 1.29 is 25.5 Å². The molecule has 0 aliphatic rings. The lowest BCUT2D eigenvalue weighted by Crippen LogP contribution is -2.56. The molecule has 0 heterocycles. The fourth-order valence-corrected chi connectivity index (χ4v) is 0.717. The van der Waals surface area contributed by atoms with Crippen LogP contribution in [0.1, 0.15) is 0 Å². The molecule has 0 saturated carbocycles. The molecule has 0 aromatic heterocycles. The molecule has 0 aromatic rings. The van der Waals surface area contributed by atoms with E-state index in [1.54, 1.807) is 0 Å². The van der Waals surface area contributed by atoms with Crippen LogP contribution >= 0.6 is 0 Å². The van der Waals surface area contributed by atoms with Crippen LogP contribution < -0.4 is 5.32 Å². The van der Waals surface area contributed by atoms with Gasteiger partial charge >= 0.3 is 0 Å². The first kappa shape index (κ1) is 12.8. The van der Waals surface area contributed by atoms with Gasteiger partial charge in [0.15, 0.2) is 0 Å². The maximum Gasteiger partial charge on any atom is 0.0895 e. The molecule has 0 spiro atoms. The third-order valence-corrected chi connectivity index (χ3v) is 1.83. The topological polar surface area (TPSA) is 113 Å². The van der Waals surface area contributed by atoms with Gasteiger partial charge in [-0.3, -0.25) is 0 Å².